The molecule has 158 valence electrons. The molecule has 3 nitrogen and oxygen atoms in total. The Labute approximate surface area is 170 Å². The molecule has 0 saturated carbocycles. The van der Waals surface area contributed by atoms with Gasteiger partial charge in [0.1, 0.15) is 0 Å². The van der Waals surface area contributed by atoms with Gasteiger partial charge in [0.05, 0.1) is 24.8 Å². The fourth-order valence-electron chi connectivity index (χ4n) is 3.50. The van der Waals surface area contributed by atoms with Crippen LogP contribution in [-0.4, -0.2) is 31.4 Å². The Kier molecular flexibility index (Phi) is 6.36. The van der Waals surface area contributed by atoms with E-state index in [1.165, 1.54) is 12.1 Å². The van der Waals surface area contributed by atoms with Crippen LogP contribution in [0.25, 0.3) is 0 Å². The van der Waals surface area contributed by atoms with E-state index in [2.05, 4.69) is 4.90 Å². The van der Waals surface area contributed by atoms with E-state index < -0.39 is 23.4 Å². The van der Waals surface area contributed by atoms with Crippen molar-refractivity contribution in [3.63, 3.8) is 0 Å². The first-order chi connectivity index (χ1) is 13.6. The first-order valence-electron chi connectivity index (χ1n) is 9.76. The van der Waals surface area contributed by atoms with Gasteiger partial charge in [0.25, 0.3) is 0 Å². The second kappa shape index (κ2) is 8.46. The molecule has 6 heteroatoms. The Morgan fingerprint density at radius 1 is 1.03 bits per heavy atom. The molecule has 0 radical (unpaired) electrons. The number of hydrogen-bond acceptors (Lipinski definition) is 3. The van der Waals surface area contributed by atoms with Crippen molar-refractivity contribution >= 4 is 0 Å². The lowest BCUT2D eigenvalue weighted by Crippen LogP contribution is -2.44. The van der Waals surface area contributed by atoms with E-state index in [0.29, 0.717) is 17.7 Å². The van der Waals surface area contributed by atoms with Crippen LogP contribution in [0.1, 0.15) is 49.1 Å². The topological polar surface area (TPSA) is 21.7 Å². The summed E-state index contributed by atoms with van der Waals surface area (Å²) in [5.41, 5.74) is 1.13. The average molecular weight is 407 g/mol. The summed E-state index contributed by atoms with van der Waals surface area (Å²) in [6, 6.07) is 13.9. The van der Waals surface area contributed by atoms with Gasteiger partial charge in [-0.05, 0) is 41.3 Å². The molecule has 0 spiro atoms. The summed E-state index contributed by atoms with van der Waals surface area (Å²) >= 11 is 0. The van der Waals surface area contributed by atoms with Gasteiger partial charge in [0, 0.05) is 6.54 Å². The molecule has 3 rings (SSSR count). The quantitative estimate of drug-likeness (QED) is 0.663. The zero-order valence-electron chi connectivity index (χ0n) is 17.3. The van der Waals surface area contributed by atoms with Crippen molar-refractivity contribution < 1.29 is 22.6 Å². The molecule has 1 saturated heterocycles. The molecule has 1 fully saturated rings. The molecule has 2 unspecified atom stereocenters. The van der Waals surface area contributed by atoms with E-state index in [4.69, 9.17) is 9.47 Å². The van der Waals surface area contributed by atoms with Crippen molar-refractivity contribution in [1.29, 1.82) is 0 Å². The number of benzene rings is 2. The minimum Gasteiger partial charge on any atom is -0.349 e. The summed E-state index contributed by atoms with van der Waals surface area (Å²) in [5.74, 6) is 0. The Hall–Kier alpha value is -1.89. The second-order valence-electron chi connectivity index (χ2n) is 8.55. The summed E-state index contributed by atoms with van der Waals surface area (Å²) in [6.45, 7) is 7.03. The first-order valence-corrected chi connectivity index (χ1v) is 9.76. The number of morpholine rings is 1. The van der Waals surface area contributed by atoms with Crippen LogP contribution in [0, 0.1) is 0 Å². The normalized spacial score (nSPS) is 21.3. The fourth-order valence-corrected chi connectivity index (χ4v) is 3.50. The van der Waals surface area contributed by atoms with E-state index in [-0.39, 0.29) is 12.6 Å². The van der Waals surface area contributed by atoms with E-state index in [1.807, 2.05) is 58.2 Å². The monoisotopic (exact) mass is 407 g/mol. The minimum absolute atomic E-state index is 0.0504. The molecule has 1 aliphatic rings. The highest BCUT2D eigenvalue weighted by Gasteiger charge is 2.34. The van der Waals surface area contributed by atoms with Crippen LogP contribution >= 0.6 is 0 Å². The van der Waals surface area contributed by atoms with Gasteiger partial charge in [-0.25, -0.2) is 0 Å². The molecule has 0 aliphatic carbocycles. The molecule has 1 heterocycles. The van der Waals surface area contributed by atoms with Crippen LogP contribution in [0.15, 0.2) is 48.5 Å². The molecule has 2 aromatic carbocycles. The van der Waals surface area contributed by atoms with Crippen LogP contribution in [0.4, 0.5) is 13.2 Å². The number of likely N-dealkylation sites (N-methyl/N-ethyl adjacent to an activating group) is 1. The third-order valence-corrected chi connectivity index (χ3v) is 5.20. The summed E-state index contributed by atoms with van der Waals surface area (Å²) < 4.78 is 52.0. The van der Waals surface area contributed by atoms with Crippen molar-refractivity contribution in [2.75, 3.05) is 20.2 Å². The Balaban J connectivity index is 1.84. The number of halogens is 3. The molecule has 29 heavy (non-hydrogen) atoms. The lowest BCUT2D eigenvalue weighted by Gasteiger charge is -2.39. The first kappa shape index (κ1) is 21.8. The van der Waals surface area contributed by atoms with Crippen LogP contribution < -0.4 is 0 Å². The maximum atomic E-state index is 13.4. The van der Waals surface area contributed by atoms with Gasteiger partial charge in [-0.3, -0.25) is 4.90 Å². The number of hydrogen-bond donors (Lipinski definition) is 0. The molecular formula is C23H28F3NO2. The number of ether oxygens (including phenoxy) is 2. The third kappa shape index (κ3) is 5.38. The standard InChI is InChI=1S/C23H28F3NO2/c1-22(2,3)18-12-16(13-19(14-18)23(24,25)26)15-29-21-20(27(4)10-11-28-21)17-8-6-5-7-9-17/h5-9,12-14,20-21H,10-11,15H2,1-4H3. The van der Waals surface area contributed by atoms with Crippen LogP contribution in [0.3, 0.4) is 0 Å². The number of rotatable bonds is 4. The van der Waals surface area contributed by atoms with Gasteiger partial charge in [-0.2, -0.15) is 13.2 Å². The van der Waals surface area contributed by atoms with Crippen molar-refractivity contribution in [2.45, 2.75) is 51.3 Å². The Morgan fingerprint density at radius 2 is 1.69 bits per heavy atom. The summed E-state index contributed by atoms with van der Waals surface area (Å²) in [5, 5.41) is 0. The minimum atomic E-state index is -4.40. The summed E-state index contributed by atoms with van der Waals surface area (Å²) in [6.07, 6.45) is -4.95. The molecule has 0 N–H and O–H groups in total. The molecule has 1 aliphatic heterocycles. The highest BCUT2D eigenvalue weighted by atomic mass is 19.4. The van der Waals surface area contributed by atoms with Crippen molar-refractivity contribution in [2.24, 2.45) is 0 Å². The number of nitrogens with zero attached hydrogens (tertiary/aromatic N) is 1. The Bertz CT molecular complexity index is 783. The maximum absolute atomic E-state index is 13.4. The van der Waals surface area contributed by atoms with Crippen molar-refractivity contribution in [3.8, 4) is 0 Å². The van der Waals surface area contributed by atoms with Gasteiger partial charge < -0.3 is 9.47 Å². The fraction of sp³-hybridized carbons (Fsp3) is 0.478. The SMILES string of the molecule is CN1CCOC(OCc2cc(C(C)(C)C)cc(C(F)(F)F)c2)C1c1ccccc1. The molecule has 0 amide bonds. The van der Waals surface area contributed by atoms with Gasteiger partial charge in [0.15, 0.2) is 6.29 Å². The molecular weight excluding hydrogens is 379 g/mol. The molecule has 0 bridgehead atoms. The van der Waals surface area contributed by atoms with Crippen LogP contribution in [0.2, 0.25) is 0 Å². The van der Waals surface area contributed by atoms with Gasteiger partial charge >= 0.3 is 6.18 Å². The van der Waals surface area contributed by atoms with Gasteiger partial charge in [-0.1, -0.05) is 57.2 Å². The zero-order valence-corrected chi connectivity index (χ0v) is 17.3. The summed E-state index contributed by atoms with van der Waals surface area (Å²) in [7, 11) is 2.00. The zero-order chi connectivity index (χ0) is 21.2. The Morgan fingerprint density at radius 3 is 2.31 bits per heavy atom. The smallest absolute Gasteiger partial charge is 0.349 e. The van der Waals surface area contributed by atoms with E-state index >= 15 is 0 Å². The maximum Gasteiger partial charge on any atom is 0.416 e. The average Bonchev–Trinajstić information content (AvgIpc) is 2.65. The lowest BCUT2D eigenvalue weighted by molar-refractivity contribution is -0.212. The largest absolute Gasteiger partial charge is 0.416 e. The highest BCUT2D eigenvalue weighted by Crippen LogP contribution is 2.35. The number of alkyl halides is 3. The van der Waals surface area contributed by atoms with Gasteiger partial charge in [-0.15, -0.1) is 0 Å². The van der Waals surface area contributed by atoms with E-state index in [1.54, 1.807) is 6.07 Å². The third-order valence-electron chi connectivity index (χ3n) is 5.20. The van der Waals surface area contributed by atoms with Crippen LogP contribution in [-0.2, 0) is 27.7 Å². The van der Waals surface area contributed by atoms with Gasteiger partial charge in [0.2, 0.25) is 0 Å². The second-order valence-corrected chi connectivity index (χ2v) is 8.55. The predicted octanol–water partition coefficient (Wildman–Crippen LogP) is 5.55. The van der Waals surface area contributed by atoms with Crippen LogP contribution in [0.5, 0.6) is 0 Å². The summed E-state index contributed by atoms with van der Waals surface area (Å²) in [4.78, 5) is 2.15. The van der Waals surface area contributed by atoms with E-state index in [0.717, 1.165) is 12.1 Å². The molecule has 2 atom stereocenters. The molecule has 0 aromatic heterocycles. The van der Waals surface area contributed by atoms with Crippen molar-refractivity contribution in [3.05, 3.63) is 70.8 Å². The predicted molar refractivity (Wildman–Crippen MR) is 106 cm³/mol. The van der Waals surface area contributed by atoms with E-state index in [9.17, 15) is 13.2 Å². The molecule has 2 aromatic rings. The van der Waals surface area contributed by atoms with Crippen molar-refractivity contribution in [1.82, 2.24) is 4.90 Å². The highest BCUT2D eigenvalue weighted by molar-refractivity contribution is 5.35. The lowest BCUT2D eigenvalue weighted by atomic mass is 9.85.